The third kappa shape index (κ3) is 3.80. The van der Waals surface area contributed by atoms with Crippen molar-refractivity contribution in [3.8, 4) is 11.4 Å². The van der Waals surface area contributed by atoms with Crippen molar-refractivity contribution in [1.82, 2.24) is 14.1 Å². The van der Waals surface area contributed by atoms with Crippen LogP contribution in [0.1, 0.15) is 43.9 Å². The average Bonchev–Trinajstić information content (AvgIpc) is 3.50. The molecule has 2 unspecified atom stereocenters. The van der Waals surface area contributed by atoms with Crippen LogP contribution in [-0.4, -0.2) is 33.5 Å². The van der Waals surface area contributed by atoms with Crippen molar-refractivity contribution in [2.75, 3.05) is 7.11 Å². The van der Waals surface area contributed by atoms with Gasteiger partial charge in [0.15, 0.2) is 0 Å². The molecule has 0 radical (unpaired) electrons. The molecule has 0 spiro atoms. The van der Waals surface area contributed by atoms with Gasteiger partial charge in [-0.05, 0) is 67.3 Å². The predicted octanol–water partition coefficient (Wildman–Crippen LogP) is 8.30. The first kappa shape index (κ1) is 23.9. The summed E-state index contributed by atoms with van der Waals surface area (Å²) < 4.78 is 10.6. The van der Waals surface area contributed by atoms with Gasteiger partial charge in [0, 0.05) is 47.6 Å². The number of nitrogens with zero attached hydrogens (tertiary/aromatic N) is 4. The van der Waals surface area contributed by atoms with Crippen molar-refractivity contribution >= 4 is 44.7 Å². The lowest BCUT2D eigenvalue weighted by Gasteiger charge is -2.21. The fourth-order valence-electron chi connectivity index (χ4n) is 6.28. The topological polar surface area (TPSA) is 44.3 Å². The number of aliphatic imine (C=N–C) groups is 1. The molecule has 1 aliphatic heterocycles. The van der Waals surface area contributed by atoms with Gasteiger partial charge in [-0.15, -0.1) is 0 Å². The fourth-order valence-corrected chi connectivity index (χ4v) is 6.28. The number of methoxy groups -OCH3 is 1. The maximum absolute atomic E-state index is 5.84. The van der Waals surface area contributed by atoms with Crippen molar-refractivity contribution in [2.45, 2.75) is 45.1 Å². The minimum Gasteiger partial charge on any atom is -0.381 e. The Morgan fingerprint density at radius 2 is 1.56 bits per heavy atom. The zero-order chi connectivity index (χ0) is 26.5. The first-order chi connectivity index (χ1) is 19.2. The molecule has 2 atom stereocenters. The van der Waals surface area contributed by atoms with Crippen LogP contribution >= 0.6 is 0 Å². The number of ether oxygens (including phenoxy) is 1. The fraction of sp³-hybridized carbons (Fsp3) is 0.235. The Balaban J connectivity index is 1.55. The normalized spacial score (nSPS) is 15.8. The number of hydrogen-bond acceptors (Lipinski definition) is 3. The number of fused-ring (bicyclic) bond motifs is 6. The zero-order valence-corrected chi connectivity index (χ0v) is 22.6. The Hall–Kier alpha value is -4.22. The van der Waals surface area contributed by atoms with Gasteiger partial charge in [0.1, 0.15) is 0 Å². The molecule has 0 saturated carbocycles. The predicted molar refractivity (Wildman–Crippen MR) is 161 cm³/mol. The van der Waals surface area contributed by atoms with Crippen LogP contribution in [0.4, 0.5) is 5.69 Å². The second-order valence-corrected chi connectivity index (χ2v) is 10.6. The van der Waals surface area contributed by atoms with Gasteiger partial charge in [-0.2, -0.15) is 0 Å². The third-order valence-corrected chi connectivity index (χ3v) is 8.19. The Bertz CT molecular complexity index is 1820. The lowest BCUT2D eigenvalue weighted by molar-refractivity contribution is 0.0998. The van der Waals surface area contributed by atoms with Crippen LogP contribution in [0.15, 0.2) is 90.1 Å². The molecule has 0 saturated heterocycles. The first-order valence-corrected chi connectivity index (χ1v) is 13.9. The number of rotatable bonds is 6. The molecule has 5 heteroatoms. The molecule has 0 amide bonds. The molecule has 0 N–H and O–H groups in total. The number of pyridine rings is 1. The van der Waals surface area contributed by atoms with Gasteiger partial charge < -0.3 is 13.9 Å². The Morgan fingerprint density at radius 1 is 0.872 bits per heavy atom. The summed E-state index contributed by atoms with van der Waals surface area (Å²) in [4.78, 5) is 9.66. The molecular formula is C34H32N4O. The lowest BCUT2D eigenvalue weighted by atomic mass is 9.99. The summed E-state index contributed by atoms with van der Waals surface area (Å²) in [5.41, 5.74) is 10.4. The van der Waals surface area contributed by atoms with Crippen LogP contribution in [-0.2, 0) is 11.2 Å². The van der Waals surface area contributed by atoms with Crippen LogP contribution < -0.4 is 0 Å². The van der Waals surface area contributed by atoms with Gasteiger partial charge in [-0.3, -0.25) is 9.98 Å². The maximum Gasteiger partial charge on any atom is 0.0963 e. The van der Waals surface area contributed by atoms with E-state index in [0.29, 0.717) is 5.92 Å². The van der Waals surface area contributed by atoms with Gasteiger partial charge in [0.25, 0.3) is 0 Å². The van der Waals surface area contributed by atoms with Crippen molar-refractivity contribution in [3.05, 3.63) is 96.3 Å². The van der Waals surface area contributed by atoms with Gasteiger partial charge in [-0.25, -0.2) is 0 Å². The number of para-hydroxylation sites is 2. The van der Waals surface area contributed by atoms with Gasteiger partial charge in [-0.1, -0.05) is 50.2 Å². The summed E-state index contributed by atoms with van der Waals surface area (Å²) in [6.45, 7) is 4.49. The number of aromatic nitrogens is 3. The van der Waals surface area contributed by atoms with E-state index in [2.05, 4.69) is 102 Å². The van der Waals surface area contributed by atoms with Gasteiger partial charge in [0.05, 0.1) is 39.6 Å². The Morgan fingerprint density at radius 3 is 2.33 bits per heavy atom. The van der Waals surface area contributed by atoms with E-state index in [0.717, 1.165) is 58.3 Å². The summed E-state index contributed by atoms with van der Waals surface area (Å²) >= 11 is 0. The monoisotopic (exact) mass is 512 g/mol. The van der Waals surface area contributed by atoms with E-state index < -0.39 is 0 Å². The molecule has 3 aromatic carbocycles. The largest absolute Gasteiger partial charge is 0.381 e. The van der Waals surface area contributed by atoms with Crippen molar-refractivity contribution in [3.63, 3.8) is 0 Å². The van der Waals surface area contributed by atoms with Crippen molar-refractivity contribution in [2.24, 2.45) is 4.99 Å². The van der Waals surface area contributed by atoms with E-state index in [4.69, 9.17) is 14.7 Å². The van der Waals surface area contributed by atoms with Gasteiger partial charge in [0.2, 0.25) is 0 Å². The molecule has 0 bridgehead atoms. The molecule has 4 heterocycles. The maximum atomic E-state index is 5.84. The molecule has 0 fully saturated rings. The van der Waals surface area contributed by atoms with Crippen LogP contribution in [0.5, 0.6) is 0 Å². The quantitative estimate of drug-likeness (QED) is 0.225. The highest BCUT2D eigenvalue weighted by Crippen LogP contribution is 2.43. The standard InChI is InChI=1S/C34H32N4O/c1-4-26(39-3)20-23-18-24(37-29-12-7-5-10-27(29)32-31(37)14-9-16-35-32)21-25(19-23)38-30-13-8-6-11-28(30)33-34(38)22(2)15-17-36-33/h5-14,16-19,21-22,26H,4,15,20H2,1-3H3. The molecule has 7 rings (SSSR count). The highest BCUT2D eigenvalue weighted by atomic mass is 16.5. The molecule has 0 aliphatic carbocycles. The summed E-state index contributed by atoms with van der Waals surface area (Å²) in [6, 6.07) is 28.4. The van der Waals surface area contributed by atoms with E-state index in [-0.39, 0.29) is 6.10 Å². The second kappa shape index (κ2) is 9.51. The molecular weight excluding hydrogens is 480 g/mol. The zero-order valence-electron chi connectivity index (χ0n) is 22.6. The van der Waals surface area contributed by atoms with Crippen LogP contribution in [0, 0.1) is 0 Å². The van der Waals surface area contributed by atoms with E-state index in [1.165, 1.54) is 22.2 Å². The Labute approximate surface area is 228 Å². The van der Waals surface area contributed by atoms with Crippen LogP contribution in [0.2, 0.25) is 0 Å². The highest BCUT2D eigenvalue weighted by Gasteiger charge is 2.25. The van der Waals surface area contributed by atoms with Crippen LogP contribution in [0.25, 0.3) is 44.2 Å². The van der Waals surface area contributed by atoms with Crippen molar-refractivity contribution < 1.29 is 4.74 Å². The van der Waals surface area contributed by atoms with E-state index in [9.17, 15) is 0 Å². The highest BCUT2D eigenvalue weighted by molar-refractivity contribution is 6.07. The number of hydrogen-bond donors (Lipinski definition) is 0. The lowest BCUT2D eigenvalue weighted by Crippen LogP contribution is -2.14. The molecule has 194 valence electrons. The SMILES string of the molecule is CCC(Cc1cc(-n2c3c(c4ccccc42)N=CCC3C)cc(-n2c3ccccc3c3ncccc32)c1)OC. The summed E-state index contributed by atoms with van der Waals surface area (Å²) in [5, 5.41) is 2.36. The number of benzene rings is 3. The molecule has 6 aromatic rings. The van der Waals surface area contributed by atoms with Crippen molar-refractivity contribution in [1.29, 1.82) is 0 Å². The smallest absolute Gasteiger partial charge is 0.0963 e. The third-order valence-electron chi connectivity index (χ3n) is 8.19. The first-order valence-electron chi connectivity index (χ1n) is 13.9. The average molecular weight is 513 g/mol. The molecule has 3 aromatic heterocycles. The summed E-state index contributed by atoms with van der Waals surface area (Å²) in [6.07, 6.45) is 6.86. The summed E-state index contributed by atoms with van der Waals surface area (Å²) in [7, 11) is 1.81. The minimum absolute atomic E-state index is 0.159. The van der Waals surface area contributed by atoms with E-state index in [1.807, 2.05) is 19.4 Å². The van der Waals surface area contributed by atoms with E-state index >= 15 is 0 Å². The second-order valence-electron chi connectivity index (χ2n) is 10.6. The van der Waals surface area contributed by atoms with Crippen LogP contribution in [0.3, 0.4) is 0 Å². The Kier molecular flexibility index (Phi) is 5.82. The molecule has 5 nitrogen and oxygen atoms in total. The minimum atomic E-state index is 0.159. The molecule has 39 heavy (non-hydrogen) atoms. The van der Waals surface area contributed by atoms with E-state index in [1.54, 1.807) is 0 Å². The summed E-state index contributed by atoms with van der Waals surface area (Å²) in [5.74, 6) is 0.372. The van der Waals surface area contributed by atoms with Gasteiger partial charge >= 0.3 is 0 Å². The molecule has 1 aliphatic rings.